The number of carbonyl (C=O) groups is 2. The van der Waals surface area contributed by atoms with E-state index in [4.69, 9.17) is 5.11 Å². The molecule has 2 amide bonds. The predicted octanol–water partition coefficient (Wildman–Crippen LogP) is 0.117. The molecule has 0 unspecified atom stereocenters. The van der Waals surface area contributed by atoms with Crippen LogP contribution in [0, 0.1) is 0 Å². The number of hydrogen-bond acceptors (Lipinski definition) is 4. The van der Waals surface area contributed by atoms with Crippen LogP contribution in [0.2, 0.25) is 0 Å². The molecule has 0 rings (SSSR count). The highest BCUT2D eigenvalue weighted by Crippen LogP contribution is 2.14. The Hall–Kier alpha value is -1.40. The van der Waals surface area contributed by atoms with Gasteiger partial charge in [0.2, 0.25) is 5.91 Å². The zero-order chi connectivity index (χ0) is 11.4. The summed E-state index contributed by atoms with van der Waals surface area (Å²) in [6, 6.07) is 0. The average Bonchev–Trinajstić information content (AvgIpc) is 2.03. The molecule has 14 heavy (non-hydrogen) atoms. The molecule has 0 atom stereocenters. The second-order valence-electron chi connectivity index (χ2n) is 2.63. The summed E-state index contributed by atoms with van der Waals surface area (Å²) in [5.74, 6) is -3.59. The van der Waals surface area contributed by atoms with Gasteiger partial charge in [-0.1, -0.05) is 13.0 Å². The lowest BCUT2D eigenvalue weighted by atomic mass is 10.3. The number of hydrogen-bond donors (Lipinski definition) is 3. The third kappa shape index (κ3) is 2.82. The zero-order valence-electron chi connectivity index (χ0n) is 7.80. The highest BCUT2D eigenvalue weighted by Gasteiger charge is 2.38. The largest absolute Gasteiger partial charge is 0.464 e. The number of imide groups is 1. The van der Waals surface area contributed by atoms with Crippen LogP contribution in [0.1, 0.15) is 19.8 Å². The van der Waals surface area contributed by atoms with Crippen LogP contribution in [0.25, 0.3) is 0 Å². The lowest BCUT2D eigenvalue weighted by Gasteiger charge is -2.29. The third-order valence-electron chi connectivity index (χ3n) is 1.59. The van der Waals surface area contributed by atoms with E-state index in [1.165, 1.54) is 13.0 Å². The molecule has 0 aliphatic rings. The molecular weight excluding hydrogens is 190 g/mol. The van der Waals surface area contributed by atoms with Crippen molar-refractivity contribution in [3.05, 3.63) is 12.7 Å². The maximum absolute atomic E-state index is 11.1. The van der Waals surface area contributed by atoms with Crippen LogP contribution < -0.4 is 0 Å². The number of aliphatic hydroxyl groups is 2. The summed E-state index contributed by atoms with van der Waals surface area (Å²) in [7, 11) is 0. The smallest absolute Gasteiger partial charge is 0.418 e. The predicted molar refractivity (Wildman–Crippen MR) is 47.1 cm³/mol. The van der Waals surface area contributed by atoms with Crippen molar-refractivity contribution in [1.82, 2.24) is 4.90 Å². The second kappa shape index (κ2) is 4.73. The minimum absolute atomic E-state index is 0.0192. The molecule has 0 fully saturated rings. The number of carbonyl (C=O) groups excluding carboxylic acids is 1. The van der Waals surface area contributed by atoms with Gasteiger partial charge in [0.05, 0.1) is 0 Å². The minimum atomic E-state index is -2.66. The highest BCUT2D eigenvalue weighted by molar-refractivity contribution is 5.92. The van der Waals surface area contributed by atoms with Gasteiger partial charge in [0, 0.05) is 12.8 Å². The summed E-state index contributed by atoms with van der Waals surface area (Å²) in [4.78, 5) is 21.7. The van der Waals surface area contributed by atoms with Gasteiger partial charge in [-0.05, 0) is 0 Å². The van der Waals surface area contributed by atoms with Crippen molar-refractivity contribution in [2.75, 3.05) is 0 Å². The van der Waals surface area contributed by atoms with Crippen molar-refractivity contribution in [1.29, 1.82) is 0 Å². The van der Waals surface area contributed by atoms with Crippen molar-refractivity contribution < 1.29 is 24.9 Å². The molecule has 0 aromatic carbocycles. The molecular formula is C8H13NO5. The molecule has 0 saturated carbocycles. The molecule has 0 spiro atoms. The number of rotatable bonds is 4. The van der Waals surface area contributed by atoms with Crippen molar-refractivity contribution in [3.8, 4) is 0 Å². The molecule has 0 aromatic heterocycles. The van der Waals surface area contributed by atoms with Crippen LogP contribution in [-0.2, 0) is 4.79 Å². The Balaban J connectivity index is 4.85. The fourth-order valence-electron chi connectivity index (χ4n) is 0.832. The summed E-state index contributed by atoms with van der Waals surface area (Å²) < 4.78 is 0. The average molecular weight is 203 g/mol. The summed E-state index contributed by atoms with van der Waals surface area (Å²) in [6.07, 6.45) is -1.09. The molecule has 6 nitrogen and oxygen atoms in total. The molecule has 6 heteroatoms. The van der Waals surface area contributed by atoms with Gasteiger partial charge >= 0.3 is 6.09 Å². The van der Waals surface area contributed by atoms with E-state index in [1.54, 1.807) is 0 Å². The molecule has 0 aliphatic heterocycles. The Morgan fingerprint density at radius 1 is 1.50 bits per heavy atom. The van der Waals surface area contributed by atoms with Crippen LogP contribution in [0.5, 0.6) is 0 Å². The molecule has 0 saturated heterocycles. The SMILES string of the molecule is C=CCC(=O)N(C(=O)O)C(O)(O)CC. The van der Waals surface area contributed by atoms with E-state index in [1.807, 2.05) is 0 Å². The Morgan fingerprint density at radius 2 is 2.00 bits per heavy atom. The minimum Gasteiger partial charge on any atom is -0.464 e. The van der Waals surface area contributed by atoms with Crippen molar-refractivity contribution >= 4 is 12.0 Å². The monoisotopic (exact) mass is 203 g/mol. The Labute approximate surface area is 81.1 Å². The van der Waals surface area contributed by atoms with E-state index in [0.717, 1.165) is 0 Å². The molecule has 0 aromatic rings. The van der Waals surface area contributed by atoms with Gasteiger partial charge in [-0.15, -0.1) is 6.58 Å². The van der Waals surface area contributed by atoms with E-state index >= 15 is 0 Å². The van der Waals surface area contributed by atoms with E-state index in [9.17, 15) is 19.8 Å². The van der Waals surface area contributed by atoms with E-state index in [0.29, 0.717) is 0 Å². The lowest BCUT2D eigenvalue weighted by Crippen LogP contribution is -2.54. The number of amides is 2. The molecule has 3 N–H and O–H groups in total. The van der Waals surface area contributed by atoms with Crippen molar-refractivity contribution in [3.63, 3.8) is 0 Å². The molecule has 80 valence electrons. The Bertz CT molecular complexity index is 248. The van der Waals surface area contributed by atoms with E-state index < -0.39 is 17.9 Å². The van der Waals surface area contributed by atoms with Gasteiger partial charge in [0.15, 0.2) is 0 Å². The van der Waals surface area contributed by atoms with Gasteiger partial charge in [0.1, 0.15) is 0 Å². The van der Waals surface area contributed by atoms with Crippen LogP contribution >= 0.6 is 0 Å². The quantitative estimate of drug-likeness (QED) is 0.445. The maximum atomic E-state index is 11.1. The first-order chi connectivity index (χ1) is 6.36. The zero-order valence-corrected chi connectivity index (χ0v) is 7.80. The van der Waals surface area contributed by atoms with Crippen molar-refractivity contribution in [2.24, 2.45) is 0 Å². The molecule has 0 aliphatic carbocycles. The van der Waals surface area contributed by atoms with Crippen molar-refractivity contribution in [2.45, 2.75) is 25.7 Å². The molecule has 0 bridgehead atoms. The van der Waals surface area contributed by atoms with Gasteiger partial charge in [-0.2, -0.15) is 4.90 Å². The number of nitrogens with zero attached hydrogens (tertiary/aromatic N) is 1. The highest BCUT2D eigenvalue weighted by atomic mass is 16.5. The van der Waals surface area contributed by atoms with E-state index in [-0.39, 0.29) is 17.7 Å². The number of carboxylic acid groups (broad SMARTS) is 1. The fraction of sp³-hybridized carbons (Fsp3) is 0.500. The van der Waals surface area contributed by atoms with Crippen LogP contribution in [0.3, 0.4) is 0 Å². The summed E-state index contributed by atoms with van der Waals surface area (Å²) in [5.41, 5.74) is 0. The standard InChI is InChI=1S/C8H13NO5/c1-3-5-6(10)9(7(11)12)8(13,14)4-2/h3,13-14H,1,4-5H2,2H3,(H,11,12). The fourth-order valence-corrected chi connectivity index (χ4v) is 0.832. The van der Waals surface area contributed by atoms with Gasteiger partial charge in [-0.3, -0.25) is 4.79 Å². The van der Waals surface area contributed by atoms with Crippen LogP contribution in [-0.4, -0.2) is 38.1 Å². The van der Waals surface area contributed by atoms with Gasteiger partial charge < -0.3 is 15.3 Å². The lowest BCUT2D eigenvalue weighted by molar-refractivity contribution is -0.244. The van der Waals surface area contributed by atoms with Crippen LogP contribution in [0.15, 0.2) is 12.7 Å². The van der Waals surface area contributed by atoms with Crippen LogP contribution in [0.4, 0.5) is 4.79 Å². The molecule has 0 radical (unpaired) electrons. The normalized spacial score (nSPS) is 10.8. The maximum Gasteiger partial charge on any atom is 0.418 e. The van der Waals surface area contributed by atoms with Gasteiger partial charge in [0.25, 0.3) is 5.91 Å². The first kappa shape index (κ1) is 12.6. The first-order valence-electron chi connectivity index (χ1n) is 3.98. The Morgan fingerprint density at radius 3 is 2.29 bits per heavy atom. The first-order valence-corrected chi connectivity index (χ1v) is 3.98. The summed E-state index contributed by atoms with van der Waals surface area (Å²) in [5, 5.41) is 27.0. The third-order valence-corrected chi connectivity index (χ3v) is 1.59. The van der Waals surface area contributed by atoms with Gasteiger partial charge in [-0.25, -0.2) is 4.79 Å². The Kier molecular flexibility index (Phi) is 4.26. The second-order valence-corrected chi connectivity index (χ2v) is 2.63. The topological polar surface area (TPSA) is 98.1 Å². The summed E-state index contributed by atoms with van der Waals surface area (Å²) in [6.45, 7) is 4.59. The van der Waals surface area contributed by atoms with E-state index in [2.05, 4.69) is 6.58 Å². The molecule has 0 heterocycles. The summed E-state index contributed by atoms with van der Waals surface area (Å²) >= 11 is 0.